The van der Waals surface area contributed by atoms with E-state index in [1.807, 2.05) is 48.5 Å². The summed E-state index contributed by atoms with van der Waals surface area (Å²) >= 11 is -2.37. The monoisotopic (exact) mass is 278 g/mol. The Kier molecular flexibility index (Phi) is 5.09. The van der Waals surface area contributed by atoms with Gasteiger partial charge >= 0.3 is 11.4 Å². The lowest BCUT2D eigenvalue weighted by Crippen LogP contribution is -2.24. The summed E-state index contributed by atoms with van der Waals surface area (Å²) in [5.74, 6) is 0.592. The zero-order valence-corrected chi connectivity index (χ0v) is 11.0. The van der Waals surface area contributed by atoms with Crippen LogP contribution in [0.2, 0.25) is 0 Å². The molecule has 1 N–H and O–H groups in total. The van der Waals surface area contributed by atoms with Crippen molar-refractivity contribution >= 4 is 11.4 Å². The number of hydrogen-bond donors (Lipinski definition) is 1. The summed E-state index contributed by atoms with van der Waals surface area (Å²) in [5, 5.41) is 0. The molecule has 0 aliphatic rings. The molecule has 0 bridgehead atoms. The van der Waals surface area contributed by atoms with Crippen LogP contribution < -0.4 is 4.74 Å². The number of rotatable bonds is 6. The first kappa shape index (κ1) is 13.7. The minimum atomic E-state index is -2.37. The Morgan fingerprint density at radius 3 is 2.16 bits per heavy atom. The molecule has 4 nitrogen and oxygen atoms in total. The normalized spacial score (nSPS) is 13.7. The maximum Gasteiger partial charge on any atom is 0.305 e. The molecule has 0 radical (unpaired) electrons. The molecule has 0 saturated heterocycles. The Balaban J connectivity index is 2.06. The maximum absolute atomic E-state index is 10.8. The standard InChI is InChI=1S/C14H14O4S/c15-19(16)18-14(11-12-7-3-1-4-8-12)17-13-9-5-2-6-10-13/h1-10,14H,11H2,(H,15,16). The predicted molar refractivity (Wildman–Crippen MR) is 72.9 cm³/mol. The molecular formula is C14H14O4S. The molecule has 19 heavy (non-hydrogen) atoms. The van der Waals surface area contributed by atoms with Gasteiger partial charge in [-0.25, -0.2) is 4.18 Å². The van der Waals surface area contributed by atoms with E-state index in [1.165, 1.54) is 0 Å². The lowest BCUT2D eigenvalue weighted by molar-refractivity contribution is 0.0110. The van der Waals surface area contributed by atoms with E-state index in [9.17, 15) is 4.21 Å². The van der Waals surface area contributed by atoms with Crippen LogP contribution in [0.1, 0.15) is 5.56 Å². The minimum Gasteiger partial charge on any atom is -0.463 e. The Morgan fingerprint density at radius 1 is 1.00 bits per heavy atom. The van der Waals surface area contributed by atoms with E-state index in [-0.39, 0.29) is 0 Å². The largest absolute Gasteiger partial charge is 0.463 e. The van der Waals surface area contributed by atoms with Crippen molar-refractivity contribution in [2.24, 2.45) is 0 Å². The third kappa shape index (κ3) is 4.82. The van der Waals surface area contributed by atoms with Gasteiger partial charge in [0.05, 0.1) is 0 Å². The average molecular weight is 278 g/mol. The zero-order chi connectivity index (χ0) is 13.5. The second-order valence-electron chi connectivity index (χ2n) is 3.86. The Morgan fingerprint density at radius 2 is 1.58 bits per heavy atom. The molecule has 2 aromatic carbocycles. The highest BCUT2D eigenvalue weighted by molar-refractivity contribution is 7.74. The van der Waals surface area contributed by atoms with Crippen LogP contribution in [0.25, 0.3) is 0 Å². The van der Waals surface area contributed by atoms with Gasteiger partial charge in [-0.2, -0.15) is 4.21 Å². The maximum atomic E-state index is 10.8. The Bertz CT molecular complexity index is 474. The molecule has 0 aliphatic heterocycles. The van der Waals surface area contributed by atoms with Crippen LogP contribution in [0, 0.1) is 0 Å². The van der Waals surface area contributed by atoms with E-state index in [0.717, 1.165) is 5.56 Å². The molecule has 2 unspecified atom stereocenters. The van der Waals surface area contributed by atoms with Crippen molar-refractivity contribution in [3.8, 4) is 5.75 Å². The summed E-state index contributed by atoms with van der Waals surface area (Å²) in [6.07, 6.45) is -0.419. The van der Waals surface area contributed by atoms with Gasteiger partial charge in [0.25, 0.3) is 0 Å². The summed E-state index contributed by atoms with van der Waals surface area (Å²) in [6, 6.07) is 18.6. The van der Waals surface area contributed by atoms with Crippen molar-refractivity contribution in [3.05, 3.63) is 66.2 Å². The lowest BCUT2D eigenvalue weighted by Gasteiger charge is -2.17. The van der Waals surface area contributed by atoms with Gasteiger partial charge in [0.2, 0.25) is 6.29 Å². The molecule has 0 aliphatic carbocycles. The highest BCUT2D eigenvalue weighted by Crippen LogP contribution is 2.15. The first-order valence-electron chi connectivity index (χ1n) is 5.77. The summed E-state index contributed by atoms with van der Waals surface area (Å²) in [5.41, 5.74) is 0.967. The highest BCUT2D eigenvalue weighted by atomic mass is 32.2. The van der Waals surface area contributed by atoms with Crippen LogP contribution in [0.15, 0.2) is 60.7 Å². The number of ether oxygens (including phenoxy) is 1. The molecule has 2 rings (SSSR count). The van der Waals surface area contributed by atoms with Gasteiger partial charge in [0, 0.05) is 6.42 Å². The molecule has 0 saturated carbocycles. The van der Waals surface area contributed by atoms with E-state index < -0.39 is 17.7 Å². The van der Waals surface area contributed by atoms with Crippen LogP contribution >= 0.6 is 0 Å². The summed E-state index contributed by atoms with van der Waals surface area (Å²) in [6.45, 7) is 0. The third-order valence-corrected chi connectivity index (χ3v) is 2.82. The number of para-hydroxylation sites is 1. The van der Waals surface area contributed by atoms with Gasteiger partial charge in [-0.05, 0) is 17.7 Å². The first-order chi connectivity index (χ1) is 9.24. The fourth-order valence-electron chi connectivity index (χ4n) is 1.64. The van der Waals surface area contributed by atoms with E-state index in [4.69, 9.17) is 13.5 Å². The summed E-state index contributed by atoms with van der Waals surface area (Å²) in [7, 11) is 0. The van der Waals surface area contributed by atoms with Crippen LogP contribution in [0.4, 0.5) is 0 Å². The average Bonchev–Trinajstić information content (AvgIpc) is 2.40. The fraction of sp³-hybridized carbons (Fsp3) is 0.143. The SMILES string of the molecule is O=S(O)OC(Cc1ccccc1)Oc1ccccc1. The molecule has 5 heteroatoms. The van der Waals surface area contributed by atoms with Crippen LogP contribution in [0.3, 0.4) is 0 Å². The van der Waals surface area contributed by atoms with Gasteiger partial charge in [0.15, 0.2) is 0 Å². The van der Waals surface area contributed by atoms with Crippen LogP contribution in [-0.2, 0) is 22.0 Å². The molecule has 0 aromatic heterocycles. The lowest BCUT2D eigenvalue weighted by atomic mass is 10.1. The quantitative estimate of drug-likeness (QED) is 0.652. The second kappa shape index (κ2) is 7.04. The number of benzene rings is 2. The molecule has 2 aromatic rings. The molecule has 0 spiro atoms. The first-order valence-corrected chi connectivity index (χ1v) is 6.81. The van der Waals surface area contributed by atoms with Crippen molar-refractivity contribution in [2.75, 3.05) is 0 Å². The van der Waals surface area contributed by atoms with Gasteiger partial charge in [0.1, 0.15) is 5.75 Å². The van der Waals surface area contributed by atoms with Gasteiger partial charge in [-0.3, -0.25) is 4.55 Å². The smallest absolute Gasteiger partial charge is 0.305 e. The van der Waals surface area contributed by atoms with Crippen molar-refractivity contribution < 1.29 is 17.7 Å². The molecule has 100 valence electrons. The van der Waals surface area contributed by atoms with E-state index in [1.54, 1.807) is 12.1 Å². The van der Waals surface area contributed by atoms with Crippen LogP contribution in [-0.4, -0.2) is 15.1 Å². The van der Waals surface area contributed by atoms with E-state index in [0.29, 0.717) is 12.2 Å². The van der Waals surface area contributed by atoms with E-state index in [2.05, 4.69) is 0 Å². The zero-order valence-electron chi connectivity index (χ0n) is 10.1. The molecule has 0 fully saturated rings. The van der Waals surface area contributed by atoms with E-state index >= 15 is 0 Å². The fourth-order valence-corrected chi connectivity index (χ4v) is 1.94. The molecule has 0 heterocycles. The Labute approximate surface area is 114 Å². The summed E-state index contributed by atoms with van der Waals surface area (Å²) in [4.78, 5) is 0. The Hall–Kier alpha value is -1.69. The second-order valence-corrected chi connectivity index (χ2v) is 4.49. The van der Waals surface area contributed by atoms with Gasteiger partial charge in [-0.15, -0.1) is 0 Å². The highest BCUT2D eigenvalue weighted by Gasteiger charge is 2.15. The van der Waals surface area contributed by atoms with Crippen LogP contribution in [0.5, 0.6) is 5.75 Å². The van der Waals surface area contributed by atoms with Gasteiger partial charge < -0.3 is 4.74 Å². The predicted octanol–water partition coefficient (Wildman–Crippen LogP) is 2.79. The summed E-state index contributed by atoms with van der Waals surface area (Å²) < 4.78 is 30.1. The van der Waals surface area contributed by atoms with Crippen molar-refractivity contribution in [1.82, 2.24) is 0 Å². The molecule has 2 atom stereocenters. The van der Waals surface area contributed by atoms with Gasteiger partial charge in [-0.1, -0.05) is 48.5 Å². The third-order valence-electron chi connectivity index (χ3n) is 2.45. The topological polar surface area (TPSA) is 55.8 Å². The molecule has 0 amide bonds. The van der Waals surface area contributed by atoms with Crippen molar-refractivity contribution in [2.45, 2.75) is 12.7 Å². The molecular weight excluding hydrogens is 264 g/mol. The number of hydrogen-bond acceptors (Lipinski definition) is 3. The van der Waals surface area contributed by atoms with Crippen molar-refractivity contribution in [3.63, 3.8) is 0 Å². The minimum absolute atomic E-state index is 0.391. The van der Waals surface area contributed by atoms with Crippen molar-refractivity contribution in [1.29, 1.82) is 0 Å².